The highest BCUT2D eigenvalue weighted by Gasteiger charge is 2.48. The van der Waals surface area contributed by atoms with Gasteiger partial charge in [-0.1, -0.05) is 177 Å². The van der Waals surface area contributed by atoms with Crippen molar-refractivity contribution >= 4 is 46.2 Å². The van der Waals surface area contributed by atoms with Crippen LogP contribution in [-0.4, -0.2) is 6.85 Å². The molecule has 0 aromatic heterocycles. The molecule has 2 heterocycles. The Morgan fingerprint density at radius 3 is 1.37 bits per heavy atom. The van der Waals surface area contributed by atoms with E-state index in [1.54, 1.807) is 0 Å². The second-order valence-corrected chi connectivity index (χ2v) is 23.1. The summed E-state index contributed by atoms with van der Waals surface area (Å²) in [6.07, 6.45) is 4.68. The Labute approximate surface area is 405 Å². The molecule has 0 unspecified atom stereocenters. The van der Waals surface area contributed by atoms with E-state index in [9.17, 15) is 0 Å². The average molecular weight is 883 g/mol. The van der Waals surface area contributed by atoms with Gasteiger partial charge in [0.1, 0.15) is 0 Å². The van der Waals surface area contributed by atoms with Crippen LogP contribution >= 0.6 is 0 Å². The fourth-order valence-electron chi connectivity index (χ4n) is 12.6. The van der Waals surface area contributed by atoms with Crippen LogP contribution in [0.4, 0.5) is 28.4 Å². The van der Waals surface area contributed by atoms with Crippen LogP contribution in [0, 0.1) is 6.92 Å². The molecule has 0 saturated heterocycles. The predicted molar refractivity (Wildman–Crippen MR) is 292 cm³/mol. The van der Waals surface area contributed by atoms with Gasteiger partial charge >= 0.3 is 6.85 Å². The van der Waals surface area contributed by atoms with E-state index in [0.717, 1.165) is 19.3 Å². The lowest BCUT2D eigenvalue weighted by molar-refractivity contribution is 0.332. The number of benzene rings is 8. The maximum Gasteiger partial charge on any atom is 0.333 e. The number of nitrogens with zero attached hydrogens (tertiary/aromatic N) is 2. The van der Waals surface area contributed by atoms with Crippen LogP contribution in [0.5, 0.6) is 0 Å². The van der Waals surface area contributed by atoms with Crippen LogP contribution in [0.25, 0.3) is 44.5 Å². The van der Waals surface area contributed by atoms with E-state index in [1.165, 1.54) is 118 Å². The molecule has 2 aliphatic heterocycles. The molecule has 2 aliphatic carbocycles. The normalized spacial score (nSPS) is 17.6. The minimum Gasteiger partial charge on any atom is -0.376 e. The molecular formula is C65H63BN2. The highest BCUT2D eigenvalue weighted by molar-refractivity contribution is 6.93. The highest BCUT2D eigenvalue weighted by atomic mass is 15.2. The minimum absolute atomic E-state index is 0.0399. The third-order valence-corrected chi connectivity index (χ3v) is 16.9. The van der Waals surface area contributed by atoms with Gasteiger partial charge in [-0.15, -0.1) is 0 Å². The molecule has 0 saturated carbocycles. The van der Waals surface area contributed by atoms with E-state index < -0.39 is 0 Å². The number of fused-ring (bicyclic) bond motifs is 6. The number of anilines is 5. The zero-order valence-electron chi connectivity index (χ0n) is 41.5. The monoisotopic (exact) mass is 883 g/mol. The molecule has 0 N–H and O–H groups in total. The molecule has 0 fully saturated rings. The first-order valence-electron chi connectivity index (χ1n) is 25.1. The summed E-state index contributed by atoms with van der Waals surface area (Å²) >= 11 is 0. The van der Waals surface area contributed by atoms with Gasteiger partial charge in [-0.3, -0.25) is 0 Å². The Hall–Kier alpha value is -6.58. The predicted octanol–water partition coefficient (Wildman–Crippen LogP) is 16.4. The maximum atomic E-state index is 2.72. The van der Waals surface area contributed by atoms with Gasteiger partial charge in [0.2, 0.25) is 0 Å². The summed E-state index contributed by atoms with van der Waals surface area (Å²) in [4.78, 5) is 5.41. The van der Waals surface area contributed by atoms with Crippen molar-refractivity contribution in [1.82, 2.24) is 0 Å². The van der Waals surface area contributed by atoms with Gasteiger partial charge in [0.15, 0.2) is 0 Å². The zero-order chi connectivity index (χ0) is 46.9. The van der Waals surface area contributed by atoms with Gasteiger partial charge in [0.05, 0.1) is 0 Å². The Morgan fingerprint density at radius 1 is 0.368 bits per heavy atom. The molecule has 4 aliphatic rings. The van der Waals surface area contributed by atoms with Crippen molar-refractivity contribution in [2.45, 2.75) is 110 Å². The Balaban J connectivity index is 1.21. The van der Waals surface area contributed by atoms with Gasteiger partial charge in [-0.05, 0) is 180 Å². The van der Waals surface area contributed by atoms with E-state index in [2.05, 4.69) is 242 Å². The van der Waals surface area contributed by atoms with Crippen LogP contribution in [0.3, 0.4) is 0 Å². The molecule has 0 radical (unpaired) electrons. The fraction of sp³-hybridized carbons (Fsp3) is 0.262. The summed E-state index contributed by atoms with van der Waals surface area (Å²) in [7, 11) is 0. The Morgan fingerprint density at radius 2 is 0.809 bits per heavy atom. The maximum absolute atomic E-state index is 2.72. The fourth-order valence-corrected chi connectivity index (χ4v) is 12.6. The largest absolute Gasteiger partial charge is 0.376 e. The van der Waals surface area contributed by atoms with Crippen molar-refractivity contribution in [3.63, 3.8) is 0 Å². The number of hydrogen-bond donors (Lipinski definition) is 0. The van der Waals surface area contributed by atoms with E-state index >= 15 is 0 Å². The summed E-state index contributed by atoms with van der Waals surface area (Å²) in [6, 6.07) is 65.1. The van der Waals surface area contributed by atoms with Crippen LogP contribution in [0.15, 0.2) is 170 Å². The van der Waals surface area contributed by atoms with Crippen LogP contribution in [0.2, 0.25) is 0 Å². The first-order valence-corrected chi connectivity index (χ1v) is 25.1. The molecule has 336 valence electrons. The third kappa shape index (κ3) is 6.67. The molecule has 8 aromatic carbocycles. The number of rotatable bonds is 5. The second kappa shape index (κ2) is 15.2. The van der Waals surface area contributed by atoms with Crippen LogP contribution in [0.1, 0.15) is 109 Å². The van der Waals surface area contributed by atoms with Gasteiger partial charge < -0.3 is 9.71 Å². The second-order valence-electron chi connectivity index (χ2n) is 23.1. The van der Waals surface area contributed by atoms with Crippen molar-refractivity contribution in [3.8, 4) is 44.5 Å². The summed E-state index contributed by atoms with van der Waals surface area (Å²) in [6.45, 7) is 22.0. The lowest BCUT2D eigenvalue weighted by Gasteiger charge is -2.49. The van der Waals surface area contributed by atoms with Crippen molar-refractivity contribution in [1.29, 1.82) is 0 Å². The number of aryl methyl sites for hydroxylation is 1. The molecular weight excluding hydrogens is 820 g/mol. The topological polar surface area (TPSA) is 6.48 Å². The standard InChI is InChI=1S/C65H63BN2/c1-42-35-52-54(64(6,7)33-31-62(52,2)3)40-57(42)67-59-37-47(44-21-15-11-16-22-44)27-30-56(59)66-61-51(36-48(38-60(61)67)45-23-17-12-18-24-45)50-39-53-55(65(8,9)34-32-63(53,4)5)41-58(50)68(66)49-28-25-46(26-29-49)43-19-13-10-14-20-43/h10-30,35-41H,31-34H2,1-9H3. The van der Waals surface area contributed by atoms with Gasteiger partial charge in [-0.25, -0.2) is 0 Å². The SMILES string of the molecule is Cc1cc2c(cc1N1c3cc(-c4ccccc4)ccc3B3c4c(cc(-c5ccccc5)cc41)-c1cc4c(cc1N3c1ccc(-c3ccccc3)cc1)C(C)(C)CCC4(C)C)C(C)(C)CCC2(C)C. The Kier molecular flexibility index (Phi) is 9.57. The first-order chi connectivity index (χ1) is 32.6. The van der Waals surface area contributed by atoms with Crippen LogP contribution in [-0.2, 0) is 21.7 Å². The Bertz CT molecular complexity index is 3290. The summed E-state index contributed by atoms with van der Waals surface area (Å²) in [5.41, 5.74) is 26.5. The summed E-state index contributed by atoms with van der Waals surface area (Å²) in [5.74, 6) is 0. The van der Waals surface area contributed by atoms with Gasteiger partial charge in [0, 0.05) is 34.0 Å². The molecule has 8 aromatic rings. The molecule has 0 spiro atoms. The highest BCUT2D eigenvalue weighted by Crippen LogP contribution is 2.55. The summed E-state index contributed by atoms with van der Waals surface area (Å²) in [5, 5.41) is 0. The van der Waals surface area contributed by atoms with E-state index in [1.807, 2.05) is 0 Å². The average Bonchev–Trinajstić information content (AvgIpc) is 3.35. The van der Waals surface area contributed by atoms with Crippen LogP contribution < -0.4 is 20.6 Å². The lowest BCUT2D eigenvalue weighted by atomic mass is 9.43. The molecule has 12 rings (SSSR count). The van der Waals surface area contributed by atoms with E-state index in [0.29, 0.717) is 0 Å². The molecule has 3 heteroatoms. The van der Waals surface area contributed by atoms with Gasteiger partial charge in [-0.2, -0.15) is 0 Å². The third-order valence-electron chi connectivity index (χ3n) is 16.9. The molecule has 68 heavy (non-hydrogen) atoms. The molecule has 0 amide bonds. The van der Waals surface area contributed by atoms with Crippen molar-refractivity contribution in [2.75, 3.05) is 9.71 Å². The molecule has 0 atom stereocenters. The molecule has 0 bridgehead atoms. The van der Waals surface area contributed by atoms with E-state index in [-0.39, 0.29) is 28.5 Å². The van der Waals surface area contributed by atoms with Gasteiger partial charge in [0.25, 0.3) is 0 Å². The zero-order valence-corrected chi connectivity index (χ0v) is 41.5. The quantitative estimate of drug-likeness (QED) is 0.159. The minimum atomic E-state index is -0.0953. The lowest BCUT2D eigenvalue weighted by Crippen LogP contribution is -2.61. The summed E-state index contributed by atoms with van der Waals surface area (Å²) < 4.78 is 0. The molecule has 2 nitrogen and oxygen atoms in total. The van der Waals surface area contributed by atoms with Crippen molar-refractivity contribution in [3.05, 3.63) is 198 Å². The van der Waals surface area contributed by atoms with Crippen molar-refractivity contribution in [2.24, 2.45) is 0 Å². The van der Waals surface area contributed by atoms with E-state index in [4.69, 9.17) is 0 Å². The first kappa shape index (κ1) is 42.8. The number of hydrogen-bond acceptors (Lipinski definition) is 2. The smallest absolute Gasteiger partial charge is 0.333 e. The van der Waals surface area contributed by atoms with Crippen molar-refractivity contribution < 1.29 is 0 Å².